The van der Waals surface area contributed by atoms with Crippen LogP contribution < -0.4 is 5.32 Å². The Balaban J connectivity index is 1.86. The Hall–Kier alpha value is -1.08. The van der Waals surface area contributed by atoms with Gasteiger partial charge in [0.15, 0.2) is 0 Å². The molecule has 1 aliphatic heterocycles. The van der Waals surface area contributed by atoms with Crippen LogP contribution in [0.1, 0.15) is 32.6 Å². The maximum atomic E-state index is 11.9. The second kappa shape index (κ2) is 4.42. The fourth-order valence-corrected chi connectivity index (χ4v) is 2.30. The third-order valence-corrected chi connectivity index (χ3v) is 3.69. The number of amides is 1. The van der Waals surface area contributed by atoms with Gasteiger partial charge in [-0.05, 0) is 38.8 Å². The number of nitrogens with one attached hydrogen (secondary N) is 1. The van der Waals surface area contributed by atoms with Crippen molar-refractivity contribution < 1.29 is 4.79 Å². The van der Waals surface area contributed by atoms with E-state index in [0.717, 1.165) is 45.3 Å². The zero-order valence-electron chi connectivity index (χ0n) is 9.83. The quantitative estimate of drug-likeness (QED) is 0.770. The van der Waals surface area contributed by atoms with E-state index in [1.165, 1.54) is 0 Å². The summed E-state index contributed by atoms with van der Waals surface area (Å²) in [6.07, 6.45) is 3.65. The molecule has 0 spiro atoms. The highest BCUT2D eigenvalue weighted by Crippen LogP contribution is 2.45. The van der Waals surface area contributed by atoms with Crippen molar-refractivity contribution in [2.24, 2.45) is 5.41 Å². The monoisotopic (exact) mass is 221 g/mol. The van der Waals surface area contributed by atoms with Crippen LogP contribution in [0.4, 0.5) is 0 Å². The van der Waals surface area contributed by atoms with E-state index in [4.69, 9.17) is 5.26 Å². The average Bonchev–Trinajstić information content (AvgIpc) is 3.10. The van der Waals surface area contributed by atoms with E-state index in [-0.39, 0.29) is 11.9 Å². The maximum absolute atomic E-state index is 11.9. The second-order valence-corrected chi connectivity index (χ2v) is 4.90. The Morgan fingerprint density at radius 3 is 2.94 bits per heavy atom. The Labute approximate surface area is 96.6 Å². The summed E-state index contributed by atoms with van der Waals surface area (Å²) in [5.41, 5.74) is -0.672. The molecule has 4 heteroatoms. The summed E-state index contributed by atoms with van der Waals surface area (Å²) in [4.78, 5) is 14.2. The largest absolute Gasteiger partial charge is 0.351 e. The number of nitrogens with zero attached hydrogens (tertiary/aromatic N) is 2. The van der Waals surface area contributed by atoms with Crippen molar-refractivity contribution in [2.45, 2.75) is 38.6 Å². The standard InChI is InChI=1S/C12H19N3O/c1-2-15-7-3-4-10(8-15)14-11(16)12(9-13)5-6-12/h10H,2-8H2,1H3,(H,14,16). The number of carbonyl (C=O) groups excluding carboxylic acids is 1. The van der Waals surface area contributed by atoms with Crippen LogP contribution in [-0.2, 0) is 4.79 Å². The molecule has 0 bridgehead atoms. The molecule has 1 amide bonds. The minimum absolute atomic E-state index is 0.0436. The van der Waals surface area contributed by atoms with Crippen LogP contribution in [-0.4, -0.2) is 36.5 Å². The number of likely N-dealkylation sites (tertiary alicyclic amines) is 1. The van der Waals surface area contributed by atoms with Gasteiger partial charge in [-0.3, -0.25) is 4.79 Å². The lowest BCUT2D eigenvalue weighted by Crippen LogP contribution is -2.49. The first-order chi connectivity index (χ1) is 7.70. The van der Waals surface area contributed by atoms with Crippen LogP contribution >= 0.6 is 0 Å². The lowest BCUT2D eigenvalue weighted by Gasteiger charge is -2.32. The topological polar surface area (TPSA) is 56.1 Å². The summed E-state index contributed by atoms with van der Waals surface area (Å²) in [5.74, 6) is -0.0436. The van der Waals surface area contributed by atoms with Gasteiger partial charge in [0, 0.05) is 12.6 Å². The van der Waals surface area contributed by atoms with Crippen molar-refractivity contribution in [3.63, 3.8) is 0 Å². The predicted molar refractivity (Wildman–Crippen MR) is 60.6 cm³/mol. The lowest BCUT2D eigenvalue weighted by atomic mass is 10.0. The first kappa shape index (κ1) is 11.4. The average molecular weight is 221 g/mol. The van der Waals surface area contributed by atoms with Gasteiger partial charge in [-0.25, -0.2) is 0 Å². The molecule has 2 fully saturated rings. The SMILES string of the molecule is CCN1CCCC(NC(=O)C2(C#N)CC2)C1. The molecule has 2 aliphatic rings. The number of hydrogen-bond donors (Lipinski definition) is 1. The van der Waals surface area contributed by atoms with Gasteiger partial charge in [0.1, 0.15) is 5.41 Å². The Bertz CT molecular complexity index is 317. The molecule has 1 aliphatic carbocycles. The number of nitriles is 1. The Morgan fingerprint density at radius 1 is 1.62 bits per heavy atom. The van der Waals surface area contributed by atoms with E-state index in [2.05, 4.69) is 23.2 Å². The van der Waals surface area contributed by atoms with Crippen LogP contribution in [0.3, 0.4) is 0 Å². The van der Waals surface area contributed by atoms with Crippen LogP contribution in [0, 0.1) is 16.7 Å². The van der Waals surface area contributed by atoms with Gasteiger partial charge in [-0.1, -0.05) is 6.92 Å². The van der Waals surface area contributed by atoms with Crippen LogP contribution in [0.15, 0.2) is 0 Å². The molecule has 0 aromatic heterocycles. The molecule has 0 aromatic rings. The fourth-order valence-electron chi connectivity index (χ4n) is 2.30. The van der Waals surface area contributed by atoms with Crippen LogP contribution in [0.2, 0.25) is 0 Å². The van der Waals surface area contributed by atoms with E-state index in [0.29, 0.717) is 0 Å². The minimum Gasteiger partial charge on any atom is -0.351 e. The van der Waals surface area contributed by atoms with Crippen molar-refractivity contribution in [2.75, 3.05) is 19.6 Å². The molecule has 1 N–H and O–H groups in total. The van der Waals surface area contributed by atoms with Crippen molar-refractivity contribution in [3.05, 3.63) is 0 Å². The van der Waals surface area contributed by atoms with Crippen molar-refractivity contribution >= 4 is 5.91 Å². The highest BCUT2D eigenvalue weighted by molar-refractivity contribution is 5.88. The first-order valence-corrected chi connectivity index (χ1v) is 6.15. The molecule has 1 heterocycles. The lowest BCUT2D eigenvalue weighted by molar-refractivity contribution is -0.125. The molecule has 0 aromatic carbocycles. The van der Waals surface area contributed by atoms with E-state index in [9.17, 15) is 4.79 Å². The highest BCUT2D eigenvalue weighted by atomic mass is 16.2. The van der Waals surface area contributed by atoms with E-state index in [1.54, 1.807) is 0 Å². The molecule has 0 radical (unpaired) electrons. The molecule has 4 nitrogen and oxygen atoms in total. The molecule has 1 atom stereocenters. The summed E-state index contributed by atoms with van der Waals surface area (Å²) in [6, 6.07) is 2.38. The van der Waals surface area contributed by atoms with Gasteiger partial charge >= 0.3 is 0 Å². The van der Waals surface area contributed by atoms with E-state index in [1.807, 2.05) is 0 Å². The number of likely N-dealkylation sites (N-methyl/N-ethyl adjacent to an activating group) is 1. The van der Waals surface area contributed by atoms with Gasteiger partial charge in [0.25, 0.3) is 0 Å². The summed E-state index contributed by atoms with van der Waals surface area (Å²) in [6.45, 7) is 5.24. The molecule has 16 heavy (non-hydrogen) atoms. The molecule has 2 rings (SSSR count). The molecule has 1 saturated heterocycles. The van der Waals surface area contributed by atoms with E-state index < -0.39 is 5.41 Å². The molecule has 1 unspecified atom stereocenters. The second-order valence-electron chi connectivity index (χ2n) is 4.90. The van der Waals surface area contributed by atoms with Gasteiger partial charge in [0.05, 0.1) is 6.07 Å². The van der Waals surface area contributed by atoms with Gasteiger partial charge < -0.3 is 10.2 Å². The molecular formula is C12H19N3O. The maximum Gasteiger partial charge on any atom is 0.240 e. The molecular weight excluding hydrogens is 202 g/mol. The van der Waals surface area contributed by atoms with Crippen molar-refractivity contribution in [1.82, 2.24) is 10.2 Å². The summed E-state index contributed by atoms with van der Waals surface area (Å²) in [7, 11) is 0. The minimum atomic E-state index is -0.672. The van der Waals surface area contributed by atoms with Crippen LogP contribution in [0.25, 0.3) is 0 Å². The molecule has 1 saturated carbocycles. The smallest absolute Gasteiger partial charge is 0.240 e. The van der Waals surface area contributed by atoms with Crippen LogP contribution in [0.5, 0.6) is 0 Å². The number of carbonyl (C=O) groups is 1. The van der Waals surface area contributed by atoms with Gasteiger partial charge in [0.2, 0.25) is 5.91 Å². The van der Waals surface area contributed by atoms with Gasteiger partial charge in [-0.15, -0.1) is 0 Å². The molecule has 88 valence electrons. The number of piperidine rings is 1. The van der Waals surface area contributed by atoms with Crippen molar-refractivity contribution in [1.29, 1.82) is 5.26 Å². The zero-order valence-corrected chi connectivity index (χ0v) is 9.83. The highest BCUT2D eigenvalue weighted by Gasteiger charge is 2.51. The third kappa shape index (κ3) is 2.19. The van der Waals surface area contributed by atoms with Crippen molar-refractivity contribution in [3.8, 4) is 6.07 Å². The number of rotatable bonds is 3. The van der Waals surface area contributed by atoms with Gasteiger partial charge in [-0.2, -0.15) is 5.26 Å². The summed E-state index contributed by atoms with van der Waals surface area (Å²) >= 11 is 0. The summed E-state index contributed by atoms with van der Waals surface area (Å²) in [5, 5.41) is 12.0. The predicted octanol–water partition coefficient (Wildman–Crippen LogP) is 0.891. The Kier molecular flexibility index (Phi) is 3.15. The number of hydrogen-bond acceptors (Lipinski definition) is 3. The summed E-state index contributed by atoms with van der Waals surface area (Å²) < 4.78 is 0. The van der Waals surface area contributed by atoms with E-state index >= 15 is 0 Å². The first-order valence-electron chi connectivity index (χ1n) is 6.15. The zero-order chi connectivity index (χ0) is 11.6. The normalized spacial score (nSPS) is 28.1. The third-order valence-electron chi connectivity index (χ3n) is 3.69. The Morgan fingerprint density at radius 2 is 2.38 bits per heavy atom. The fraction of sp³-hybridized carbons (Fsp3) is 0.833.